The Labute approximate surface area is 167 Å². The number of aromatic nitrogens is 2. The Bertz CT molecular complexity index is 979. The van der Waals surface area contributed by atoms with Crippen molar-refractivity contribution in [3.8, 4) is 0 Å². The summed E-state index contributed by atoms with van der Waals surface area (Å²) in [5.74, 6) is -1.36. The molecule has 0 aliphatic rings. The van der Waals surface area contributed by atoms with Crippen LogP contribution in [0.5, 0.6) is 0 Å². The number of hydrogen-bond acceptors (Lipinski definition) is 5. The summed E-state index contributed by atoms with van der Waals surface area (Å²) in [4.78, 5) is 21.1. The van der Waals surface area contributed by atoms with Gasteiger partial charge in [-0.3, -0.25) is 4.79 Å². The van der Waals surface area contributed by atoms with Crippen molar-refractivity contribution in [2.45, 2.75) is 12.1 Å². The lowest BCUT2D eigenvalue weighted by molar-refractivity contribution is -0.113. The molecule has 9 heteroatoms. The molecule has 0 saturated heterocycles. The number of benzene rings is 2. The summed E-state index contributed by atoms with van der Waals surface area (Å²) in [5, 5.41) is 6.94. The van der Waals surface area contributed by atoms with Crippen LogP contribution in [0.1, 0.15) is 6.92 Å². The molecule has 1 heterocycles. The molecule has 2 N–H and O–H groups in total. The van der Waals surface area contributed by atoms with Crippen LogP contribution in [0.4, 0.5) is 20.3 Å². The van der Waals surface area contributed by atoms with Gasteiger partial charge < -0.3 is 10.6 Å². The molecular formula is C18H15BrF2N4OS. The number of carbonyl (C=O) groups is 1. The first-order chi connectivity index (χ1) is 13.0. The Morgan fingerprint density at radius 2 is 2.00 bits per heavy atom. The van der Waals surface area contributed by atoms with Crippen LogP contribution in [0.2, 0.25) is 0 Å². The van der Waals surface area contributed by atoms with Crippen molar-refractivity contribution >= 4 is 56.0 Å². The molecule has 0 unspecified atom stereocenters. The van der Waals surface area contributed by atoms with Crippen molar-refractivity contribution in [1.82, 2.24) is 9.97 Å². The normalized spacial score (nSPS) is 10.8. The van der Waals surface area contributed by atoms with E-state index in [4.69, 9.17) is 0 Å². The van der Waals surface area contributed by atoms with Gasteiger partial charge in [-0.1, -0.05) is 23.9 Å². The summed E-state index contributed by atoms with van der Waals surface area (Å²) in [6.07, 6.45) is 0. The van der Waals surface area contributed by atoms with E-state index in [-0.39, 0.29) is 15.9 Å². The van der Waals surface area contributed by atoms with Crippen molar-refractivity contribution in [3.05, 3.63) is 52.5 Å². The third-order valence-electron chi connectivity index (χ3n) is 3.53. The maximum absolute atomic E-state index is 13.8. The molecule has 0 saturated carbocycles. The van der Waals surface area contributed by atoms with Gasteiger partial charge in [0.05, 0.1) is 17.0 Å². The summed E-state index contributed by atoms with van der Waals surface area (Å²) in [7, 11) is 0. The number of carbonyl (C=O) groups excluding carboxylic acids is 1. The lowest BCUT2D eigenvalue weighted by Crippen LogP contribution is -2.16. The first-order valence-corrected chi connectivity index (χ1v) is 9.83. The number of nitrogens with one attached hydrogen (secondary N) is 2. The summed E-state index contributed by atoms with van der Waals surface area (Å²) in [6, 6.07) is 9.36. The molecular weight excluding hydrogens is 438 g/mol. The molecule has 3 aromatic rings. The maximum Gasteiger partial charge on any atom is 0.234 e. The fourth-order valence-electron chi connectivity index (χ4n) is 2.39. The van der Waals surface area contributed by atoms with Gasteiger partial charge in [-0.25, -0.2) is 18.7 Å². The Kier molecular flexibility index (Phi) is 6.22. The van der Waals surface area contributed by atoms with Gasteiger partial charge in [-0.15, -0.1) is 0 Å². The Morgan fingerprint density at radius 1 is 1.22 bits per heavy atom. The third-order valence-corrected chi connectivity index (χ3v) is 5.00. The molecule has 0 fully saturated rings. The van der Waals surface area contributed by atoms with Crippen molar-refractivity contribution in [3.63, 3.8) is 0 Å². The number of amides is 1. The zero-order chi connectivity index (χ0) is 19.4. The van der Waals surface area contributed by atoms with Crippen LogP contribution in [0.15, 0.2) is 46.0 Å². The molecule has 0 spiro atoms. The molecule has 1 amide bonds. The largest absolute Gasteiger partial charge is 0.370 e. The molecule has 140 valence electrons. The van der Waals surface area contributed by atoms with E-state index in [9.17, 15) is 13.6 Å². The Balaban J connectivity index is 1.74. The topological polar surface area (TPSA) is 66.9 Å². The van der Waals surface area contributed by atoms with E-state index >= 15 is 0 Å². The summed E-state index contributed by atoms with van der Waals surface area (Å²) >= 11 is 4.17. The number of hydrogen-bond donors (Lipinski definition) is 2. The van der Waals surface area contributed by atoms with Gasteiger partial charge in [0.1, 0.15) is 11.6 Å². The van der Waals surface area contributed by atoms with Crippen LogP contribution < -0.4 is 10.6 Å². The number of nitrogens with zero attached hydrogens (tertiary/aromatic N) is 2. The molecule has 0 bridgehead atoms. The molecule has 3 rings (SSSR count). The van der Waals surface area contributed by atoms with Crippen LogP contribution in [0, 0.1) is 11.6 Å². The average molecular weight is 453 g/mol. The van der Waals surface area contributed by atoms with Crippen molar-refractivity contribution in [2.75, 3.05) is 22.9 Å². The van der Waals surface area contributed by atoms with Gasteiger partial charge >= 0.3 is 0 Å². The van der Waals surface area contributed by atoms with Gasteiger partial charge in [0.2, 0.25) is 5.91 Å². The number of fused-ring (bicyclic) bond motifs is 1. The maximum atomic E-state index is 13.8. The van der Waals surface area contributed by atoms with Gasteiger partial charge in [-0.2, -0.15) is 0 Å². The summed E-state index contributed by atoms with van der Waals surface area (Å²) in [6.45, 7) is 2.66. The van der Waals surface area contributed by atoms with Crippen LogP contribution in [0.3, 0.4) is 0 Å². The van der Waals surface area contributed by atoms with Gasteiger partial charge in [0.15, 0.2) is 11.0 Å². The minimum Gasteiger partial charge on any atom is -0.370 e. The second-order valence-corrected chi connectivity index (χ2v) is 7.28. The zero-order valence-electron chi connectivity index (χ0n) is 14.2. The van der Waals surface area contributed by atoms with Crippen molar-refractivity contribution < 1.29 is 13.6 Å². The highest BCUT2D eigenvalue weighted by atomic mass is 79.9. The SMILES string of the molecule is CCNc1nc(SCC(=O)Nc2c(F)cc(F)cc2Br)nc2ccccc12. The van der Waals surface area contributed by atoms with E-state index in [1.807, 2.05) is 31.2 Å². The number of anilines is 2. The smallest absolute Gasteiger partial charge is 0.234 e. The molecule has 2 aromatic carbocycles. The molecule has 5 nitrogen and oxygen atoms in total. The van der Waals surface area contributed by atoms with E-state index in [0.717, 1.165) is 28.7 Å². The lowest BCUT2D eigenvalue weighted by Gasteiger charge is -2.10. The zero-order valence-corrected chi connectivity index (χ0v) is 16.6. The minimum absolute atomic E-state index is 0.0207. The number of halogens is 3. The minimum atomic E-state index is -0.850. The number of rotatable bonds is 6. The van der Waals surface area contributed by atoms with Crippen LogP contribution in [-0.2, 0) is 4.79 Å². The number of thioether (sulfide) groups is 1. The summed E-state index contributed by atoms with van der Waals surface area (Å²) in [5.41, 5.74) is 0.661. The van der Waals surface area contributed by atoms with E-state index in [0.29, 0.717) is 23.6 Å². The van der Waals surface area contributed by atoms with Crippen LogP contribution in [-0.4, -0.2) is 28.2 Å². The monoisotopic (exact) mass is 452 g/mol. The molecule has 0 atom stereocenters. The molecule has 0 aliphatic carbocycles. The Hall–Kier alpha value is -2.26. The average Bonchev–Trinajstić information content (AvgIpc) is 2.63. The standard InChI is InChI=1S/C18H15BrF2N4OS/c1-2-22-17-11-5-3-4-6-14(11)23-18(25-17)27-9-15(26)24-16-12(19)7-10(20)8-13(16)21/h3-8H,2,9H2,1H3,(H,24,26)(H,22,23,25). The van der Waals surface area contributed by atoms with E-state index < -0.39 is 17.5 Å². The third kappa shape index (κ3) is 4.72. The fourth-order valence-corrected chi connectivity index (χ4v) is 3.55. The van der Waals surface area contributed by atoms with Crippen LogP contribution in [0.25, 0.3) is 10.9 Å². The number of para-hydroxylation sites is 1. The molecule has 0 radical (unpaired) electrons. The van der Waals surface area contributed by atoms with E-state index in [1.54, 1.807) is 0 Å². The quantitative estimate of drug-likeness (QED) is 0.413. The van der Waals surface area contributed by atoms with E-state index in [1.165, 1.54) is 0 Å². The first kappa shape index (κ1) is 19.5. The highest BCUT2D eigenvalue weighted by molar-refractivity contribution is 9.10. The van der Waals surface area contributed by atoms with Crippen LogP contribution >= 0.6 is 27.7 Å². The predicted octanol–water partition coefficient (Wildman–Crippen LogP) is 4.83. The highest BCUT2D eigenvalue weighted by Gasteiger charge is 2.14. The summed E-state index contributed by atoms with van der Waals surface area (Å²) < 4.78 is 27.1. The van der Waals surface area contributed by atoms with Crippen molar-refractivity contribution in [2.24, 2.45) is 0 Å². The Morgan fingerprint density at radius 3 is 2.74 bits per heavy atom. The highest BCUT2D eigenvalue weighted by Crippen LogP contribution is 2.28. The van der Waals surface area contributed by atoms with Gasteiger partial charge in [0, 0.05) is 22.5 Å². The van der Waals surface area contributed by atoms with E-state index in [2.05, 4.69) is 36.5 Å². The predicted molar refractivity (Wildman–Crippen MR) is 107 cm³/mol. The lowest BCUT2D eigenvalue weighted by atomic mass is 10.2. The first-order valence-electron chi connectivity index (χ1n) is 8.05. The molecule has 1 aromatic heterocycles. The molecule has 0 aliphatic heterocycles. The second kappa shape index (κ2) is 8.62. The van der Waals surface area contributed by atoms with Gasteiger partial charge in [0.25, 0.3) is 0 Å². The molecule has 27 heavy (non-hydrogen) atoms. The fraction of sp³-hybridized carbons (Fsp3) is 0.167. The van der Waals surface area contributed by atoms with Crippen molar-refractivity contribution in [1.29, 1.82) is 0 Å². The second-order valence-electron chi connectivity index (χ2n) is 5.48. The van der Waals surface area contributed by atoms with Gasteiger partial charge in [-0.05, 0) is 41.1 Å².